The van der Waals surface area contributed by atoms with E-state index in [-0.39, 0.29) is 23.7 Å². The standard InChI is InChI=1S/C16H30N2O.ClH/c1-16(9-6-10-17-12-16)13-18-15(19)11-14-7-4-2-3-5-8-14;/h14,17H,2-13H2,1H3,(H,18,19);1H. The lowest BCUT2D eigenvalue weighted by Gasteiger charge is -2.34. The van der Waals surface area contributed by atoms with Crippen molar-refractivity contribution in [1.29, 1.82) is 0 Å². The van der Waals surface area contributed by atoms with Crippen LogP contribution >= 0.6 is 12.4 Å². The number of amides is 1. The Kier molecular flexibility index (Phi) is 7.90. The van der Waals surface area contributed by atoms with Crippen LogP contribution in [0.5, 0.6) is 0 Å². The van der Waals surface area contributed by atoms with Crippen molar-refractivity contribution in [2.24, 2.45) is 11.3 Å². The van der Waals surface area contributed by atoms with Gasteiger partial charge in [0.05, 0.1) is 0 Å². The smallest absolute Gasteiger partial charge is 0.220 e. The van der Waals surface area contributed by atoms with Crippen molar-refractivity contribution < 1.29 is 4.79 Å². The number of nitrogens with one attached hydrogen (secondary N) is 2. The number of rotatable bonds is 4. The average Bonchev–Trinajstić information content (AvgIpc) is 2.66. The predicted octanol–water partition coefficient (Wildman–Crippen LogP) is 3.27. The van der Waals surface area contributed by atoms with Crippen LogP contribution in [0.1, 0.15) is 64.7 Å². The summed E-state index contributed by atoms with van der Waals surface area (Å²) in [7, 11) is 0. The highest BCUT2D eigenvalue weighted by Crippen LogP contribution is 2.26. The Morgan fingerprint density at radius 3 is 2.50 bits per heavy atom. The monoisotopic (exact) mass is 302 g/mol. The maximum Gasteiger partial charge on any atom is 0.220 e. The minimum Gasteiger partial charge on any atom is -0.356 e. The minimum absolute atomic E-state index is 0. The fourth-order valence-electron chi connectivity index (χ4n) is 3.48. The van der Waals surface area contributed by atoms with Gasteiger partial charge in [0, 0.05) is 19.5 Å². The van der Waals surface area contributed by atoms with Crippen LogP contribution in [0.2, 0.25) is 0 Å². The van der Waals surface area contributed by atoms with Crippen LogP contribution < -0.4 is 10.6 Å². The Labute approximate surface area is 130 Å². The number of halogens is 1. The van der Waals surface area contributed by atoms with Gasteiger partial charge in [-0.1, -0.05) is 32.6 Å². The zero-order valence-electron chi connectivity index (χ0n) is 12.9. The molecular formula is C16H31ClN2O. The van der Waals surface area contributed by atoms with Gasteiger partial charge in [-0.05, 0) is 43.6 Å². The van der Waals surface area contributed by atoms with E-state index in [0.717, 1.165) is 26.1 Å². The molecule has 2 N–H and O–H groups in total. The molecule has 1 saturated heterocycles. The van der Waals surface area contributed by atoms with E-state index in [4.69, 9.17) is 0 Å². The Bertz CT molecular complexity index is 282. The zero-order chi connectivity index (χ0) is 13.6. The van der Waals surface area contributed by atoms with Crippen molar-refractivity contribution in [3.8, 4) is 0 Å². The van der Waals surface area contributed by atoms with E-state index < -0.39 is 0 Å². The molecular weight excluding hydrogens is 272 g/mol. The maximum atomic E-state index is 12.1. The fourth-order valence-corrected chi connectivity index (χ4v) is 3.48. The van der Waals surface area contributed by atoms with Crippen LogP contribution in [-0.4, -0.2) is 25.5 Å². The quantitative estimate of drug-likeness (QED) is 0.783. The second-order valence-corrected chi connectivity index (χ2v) is 6.93. The average molecular weight is 303 g/mol. The van der Waals surface area contributed by atoms with Gasteiger partial charge in [-0.2, -0.15) is 0 Å². The summed E-state index contributed by atoms with van der Waals surface area (Å²) in [6, 6.07) is 0. The van der Waals surface area contributed by atoms with Gasteiger partial charge < -0.3 is 10.6 Å². The number of carbonyl (C=O) groups is 1. The highest BCUT2D eigenvalue weighted by molar-refractivity contribution is 5.85. The van der Waals surface area contributed by atoms with Crippen LogP contribution in [0.3, 0.4) is 0 Å². The molecule has 1 saturated carbocycles. The zero-order valence-corrected chi connectivity index (χ0v) is 13.7. The molecule has 1 heterocycles. The first-order valence-corrected chi connectivity index (χ1v) is 8.15. The second-order valence-electron chi connectivity index (χ2n) is 6.93. The van der Waals surface area contributed by atoms with E-state index in [1.807, 2.05) is 0 Å². The summed E-state index contributed by atoms with van der Waals surface area (Å²) in [4.78, 5) is 12.1. The summed E-state index contributed by atoms with van der Waals surface area (Å²) in [6.45, 7) is 5.29. The molecule has 3 nitrogen and oxygen atoms in total. The SMILES string of the molecule is CC1(CNC(=O)CC2CCCCCC2)CCCNC1.Cl. The van der Waals surface area contributed by atoms with Crippen LogP contribution in [0.4, 0.5) is 0 Å². The molecule has 4 heteroatoms. The van der Waals surface area contributed by atoms with Crippen molar-refractivity contribution in [2.45, 2.75) is 64.7 Å². The topological polar surface area (TPSA) is 41.1 Å². The highest BCUT2D eigenvalue weighted by Gasteiger charge is 2.27. The molecule has 1 atom stereocenters. The number of hydrogen-bond acceptors (Lipinski definition) is 2. The Hall–Kier alpha value is -0.280. The summed E-state index contributed by atoms with van der Waals surface area (Å²) >= 11 is 0. The molecule has 1 amide bonds. The third-order valence-corrected chi connectivity index (χ3v) is 4.85. The Balaban J connectivity index is 0.00000200. The fraction of sp³-hybridized carbons (Fsp3) is 0.938. The van der Waals surface area contributed by atoms with Crippen molar-refractivity contribution in [2.75, 3.05) is 19.6 Å². The molecule has 0 aromatic heterocycles. The summed E-state index contributed by atoms with van der Waals surface area (Å²) in [5.41, 5.74) is 0.261. The van der Waals surface area contributed by atoms with E-state index in [9.17, 15) is 4.79 Å². The van der Waals surface area contributed by atoms with Crippen LogP contribution in [0, 0.1) is 11.3 Å². The van der Waals surface area contributed by atoms with Crippen LogP contribution in [0.15, 0.2) is 0 Å². The number of carbonyl (C=O) groups excluding carboxylic acids is 1. The lowest BCUT2D eigenvalue weighted by Crippen LogP contribution is -2.45. The van der Waals surface area contributed by atoms with Gasteiger partial charge in [0.1, 0.15) is 0 Å². The summed E-state index contributed by atoms with van der Waals surface area (Å²) in [5, 5.41) is 6.62. The van der Waals surface area contributed by atoms with Gasteiger partial charge >= 0.3 is 0 Å². The van der Waals surface area contributed by atoms with Crippen molar-refractivity contribution >= 4 is 18.3 Å². The molecule has 1 aliphatic carbocycles. The molecule has 1 aliphatic heterocycles. The van der Waals surface area contributed by atoms with Crippen molar-refractivity contribution in [3.63, 3.8) is 0 Å². The Morgan fingerprint density at radius 2 is 1.90 bits per heavy atom. The normalized spacial score (nSPS) is 28.2. The first-order valence-electron chi connectivity index (χ1n) is 8.15. The van der Waals surface area contributed by atoms with Gasteiger partial charge in [0.25, 0.3) is 0 Å². The van der Waals surface area contributed by atoms with E-state index in [2.05, 4.69) is 17.6 Å². The van der Waals surface area contributed by atoms with Gasteiger partial charge in [-0.15, -0.1) is 12.4 Å². The summed E-state index contributed by atoms with van der Waals surface area (Å²) in [6.07, 6.45) is 11.1. The molecule has 2 rings (SSSR count). The molecule has 0 bridgehead atoms. The predicted molar refractivity (Wildman–Crippen MR) is 86.3 cm³/mol. The first-order chi connectivity index (χ1) is 9.18. The lowest BCUT2D eigenvalue weighted by atomic mass is 9.82. The van der Waals surface area contributed by atoms with E-state index in [0.29, 0.717) is 5.92 Å². The third kappa shape index (κ3) is 6.01. The van der Waals surface area contributed by atoms with Crippen LogP contribution in [-0.2, 0) is 4.79 Å². The molecule has 20 heavy (non-hydrogen) atoms. The van der Waals surface area contributed by atoms with Crippen LogP contribution in [0.25, 0.3) is 0 Å². The Morgan fingerprint density at radius 1 is 1.20 bits per heavy atom. The summed E-state index contributed by atoms with van der Waals surface area (Å²) < 4.78 is 0. The van der Waals surface area contributed by atoms with Gasteiger partial charge in [0.15, 0.2) is 0 Å². The highest BCUT2D eigenvalue weighted by atomic mass is 35.5. The molecule has 0 aromatic carbocycles. The third-order valence-electron chi connectivity index (χ3n) is 4.85. The van der Waals surface area contributed by atoms with Gasteiger partial charge in [0.2, 0.25) is 5.91 Å². The molecule has 1 unspecified atom stereocenters. The maximum absolute atomic E-state index is 12.1. The number of piperidine rings is 1. The molecule has 0 aromatic rings. The van der Waals surface area contributed by atoms with Gasteiger partial charge in [-0.25, -0.2) is 0 Å². The molecule has 118 valence electrons. The molecule has 0 radical (unpaired) electrons. The van der Waals surface area contributed by atoms with E-state index >= 15 is 0 Å². The summed E-state index contributed by atoms with van der Waals surface area (Å²) in [5.74, 6) is 0.915. The molecule has 0 spiro atoms. The number of hydrogen-bond donors (Lipinski definition) is 2. The van der Waals surface area contributed by atoms with E-state index in [1.165, 1.54) is 51.4 Å². The van der Waals surface area contributed by atoms with Crippen molar-refractivity contribution in [3.05, 3.63) is 0 Å². The first kappa shape index (κ1) is 17.8. The molecule has 2 fully saturated rings. The largest absolute Gasteiger partial charge is 0.356 e. The lowest BCUT2D eigenvalue weighted by molar-refractivity contribution is -0.122. The van der Waals surface area contributed by atoms with Gasteiger partial charge in [-0.3, -0.25) is 4.79 Å². The second kappa shape index (κ2) is 8.89. The molecule has 2 aliphatic rings. The van der Waals surface area contributed by atoms with Crippen molar-refractivity contribution in [1.82, 2.24) is 10.6 Å². The van der Waals surface area contributed by atoms with E-state index in [1.54, 1.807) is 0 Å². The minimum atomic E-state index is 0.